The Hall–Kier alpha value is -1.21. The lowest BCUT2D eigenvalue weighted by Gasteiger charge is -2.07. The number of anilines is 1. The predicted octanol–water partition coefficient (Wildman–Crippen LogP) is 3.37. The zero-order valence-electron chi connectivity index (χ0n) is 10.9. The van der Waals surface area contributed by atoms with E-state index in [-0.39, 0.29) is 5.69 Å². The first-order valence-electron chi connectivity index (χ1n) is 6.26. The summed E-state index contributed by atoms with van der Waals surface area (Å²) >= 11 is 3.17. The average molecular weight is 332 g/mol. The molecule has 0 radical (unpaired) electrons. The zero-order valence-corrected chi connectivity index (χ0v) is 12.5. The molecule has 1 heterocycles. The normalized spacial score (nSPS) is 10.4. The minimum atomic E-state index is -0.447. The van der Waals surface area contributed by atoms with Crippen molar-refractivity contribution in [2.75, 3.05) is 25.1 Å². The van der Waals surface area contributed by atoms with E-state index in [1.54, 1.807) is 0 Å². The number of pyridine rings is 1. The summed E-state index contributed by atoms with van der Waals surface area (Å²) in [5, 5.41) is 13.8. The zero-order chi connectivity index (χ0) is 14.1. The first-order chi connectivity index (χ1) is 9.15. The van der Waals surface area contributed by atoms with Gasteiger partial charge < -0.3 is 10.1 Å². The summed E-state index contributed by atoms with van der Waals surface area (Å²) in [5.41, 5.74) is -0.0266. The number of ether oxygens (including phenoxy) is 1. The highest BCUT2D eigenvalue weighted by Gasteiger charge is 2.15. The van der Waals surface area contributed by atoms with Gasteiger partial charge in [-0.05, 0) is 28.8 Å². The van der Waals surface area contributed by atoms with Gasteiger partial charge in [-0.15, -0.1) is 0 Å². The molecule has 0 atom stereocenters. The molecule has 1 aromatic heterocycles. The highest BCUT2D eigenvalue weighted by molar-refractivity contribution is 9.10. The van der Waals surface area contributed by atoms with Crippen molar-refractivity contribution in [2.24, 2.45) is 0 Å². The van der Waals surface area contributed by atoms with Gasteiger partial charge in [0.15, 0.2) is 0 Å². The molecule has 7 heteroatoms. The van der Waals surface area contributed by atoms with Crippen molar-refractivity contribution in [2.45, 2.75) is 26.2 Å². The molecule has 0 amide bonds. The van der Waals surface area contributed by atoms with Gasteiger partial charge in [0.2, 0.25) is 5.82 Å². The number of nitro groups is 1. The van der Waals surface area contributed by atoms with Crippen LogP contribution in [-0.2, 0) is 4.74 Å². The van der Waals surface area contributed by atoms with Gasteiger partial charge in [0.05, 0.1) is 4.92 Å². The highest BCUT2D eigenvalue weighted by Crippen LogP contribution is 2.24. The summed E-state index contributed by atoms with van der Waals surface area (Å²) < 4.78 is 6.00. The Balaban J connectivity index is 2.35. The minimum absolute atomic E-state index is 0.0266. The molecule has 0 unspecified atom stereocenters. The second-order valence-corrected chi connectivity index (χ2v) is 4.94. The quantitative estimate of drug-likeness (QED) is 0.426. The second-order valence-electron chi connectivity index (χ2n) is 4.02. The lowest BCUT2D eigenvalue weighted by atomic mass is 10.3. The second kappa shape index (κ2) is 8.82. The van der Waals surface area contributed by atoms with E-state index in [1.165, 1.54) is 12.3 Å². The van der Waals surface area contributed by atoms with Crippen LogP contribution in [0.3, 0.4) is 0 Å². The molecule has 0 saturated heterocycles. The van der Waals surface area contributed by atoms with Crippen LogP contribution in [0, 0.1) is 10.1 Å². The van der Waals surface area contributed by atoms with Crippen molar-refractivity contribution in [3.05, 3.63) is 26.9 Å². The molecule has 6 nitrogen and oxygen atoms in total. The van der Waals surface area contributed by atoms with Crippen LogP contribution >= 0.6 is 15.9 Å². The SMILES string of the molecule is CCCCOCCCNc1ncc(Br)cc1[N+](=O)[O-]. The maximum atomic E-state index is 10.9. The van der Waals surface area contributed by atoms with E-state index in [1.807, 2.05) is 0 Å². The first kappa shape index (κ1) is 15.8. The Morgan fingerprint density at radius 3 is 2.89 bits per heavy atom. The third kappa shape index (κ3) is 5.98. The molecule has 0 spiro atoms. The number of aromatic nitrogens is 1. The number of rotatable bonds is 9. The lowest BCUT2D eigenvalue weighted by Crippen LogP contribution is -2.09. The number of halogens is 1. The predicted molar refractivity (Wildman–Crippen MR) is 77.4 cm³/mol. The number of hydrogen-bond acceptors (Lipinski definition) is 5. The van der Waals surface area contributed by atoms with Crippen molar-refractivity contribution in [3.8, 4) is 0 Å². The average Bonchev–Trinajstić information content (AvgIpc) is 2.39. The van der Waals surface area contributed by atoms with Gasteiger partial charge in [-0.2, -0.15) is 0 Å². The minimum Gasteiger partial charge on any atom is -0.381 e. The van der Waals surface area contributed by atoms with Gasteiger partial charge in [-0.3, -0.25) is 10.1 Å². The number of nitrogens with one attached hydrogen (secondary N) is 1. The van der Waals surface area contributed by atoms with Crippen LogP contribution in [-0.4, -0.2) is 29.7 Å². The third-order valence-corrected chi connectivity index (χ3v) is 2.86. The van der Waals surface area contributed by atoms with Crippen LogP contribution < -0.4 is 5.32 Å². The van der Waals surface area contributed by atoms with E-state index >= 15 is 0 Å². The van der Waals surface area contributed by atoms with Crippen molar-refractivity contribution in [3.63, 3.8) is 0 Å². The fourth-order valence-electron chi connectivity index (χ4n) is 1.43. The van der Waals surface area contributed by atoms with Gasteiger partial charge in [0.25, 0.3) is 0 Å². The number of hydrogen-bond donors (Lipinski definition) is 1. The monoisotopic (exact) mass is 331 g/mol. The van der Waals surface area contributed by atoms with E-state index in [9.17, 15) is 10.1 Å². The Kier molecular flexibility index (Phi) is 7.35. The summed E-state index contributed by atoms with van der Waals surface area (Å²) in [6, 6.07) is 1.44. The molecule has 106 valence electrons. The first-order valence-corrected chi connectivity index (χ1v) is 7.06. The fourth-order valence-corrected chi connectivity index (χ4v) is 1.75. The Bertz CT molecular complexity index is 415. The van der Waals surface area contributed by atoms with Crippen LogP contribution in [0.5, 0.6) is 0 Å². The van der Waals surface area contributed by atoms with E-state index in [0.29, 0.717) is 23.4 Å². The van der Waals surface area contributed by atoms with Crippen LogP contribution in [0.15, 0.2) is 16.7 Å². The van der Waals surface area contributed by atoms with Crippen LogP contribution in [0.4, 0.5) is 11.5 Å². The van der Waals surface area contributed by atoms with E-state index in [2.05, 4.69) is 33.2 Å². The molecule has 0 fully saturated rings. The van der Waals surface area contributed by atoms with Crippen molar-refractivity contribution >= 4 is 27.4 Å². The molecule has 19 heavy (non-hydrogen) atoms. The Labute approximate surface area is 120 Å². The maximum Gasteiger partial charge on any atom is 0.312 e. The number of nitrogens with zero attached hydrogens (tertiary/aromatic N) is 2. The van der Waals surface area contributed by atoms with Gasteiger partial charge in [0, 0.05) is 36.5 Å². The standard InChI is InChI=1S/C12H18BrN3O3/c1-2-3-6-19-7-4-5-14-12-11(16(17)18)8-10(13)9-15-12/h8-9H,2-7H2,1H3,(H,14,15). The molecule has 1 N–H and O–H groups in total. The molecule has 1 aromatic rings. The Morgan fingerprint density at radius 2 is 2.21 bits per heavy atom. The van der Waals surface area contributed by atoms with Crippen molar-refractivity contribution < 1.29 is 9.66 Å². The molecule has 1 rings (SSSR count). The topological polar surface area (TPSA) is 77.3 Å². The summed E-state index contributed by atoms with van der Waals surface area (Å²) in [5.74, 6) is 0.293. The fraction of sp³-hybridized carbons (Fsp3) is 0.583. The molecular formula is C12H18BrN3O3. The van der Waals surface area contributed by atoms with Gasteiger partial charge >= 0.3 is 5.69 Å². The van der Waals surface area contributed by atoms with E-state index < -0.39 is 4.92 Å². The van der Waals surface area contributed by atoms with E-state index in [4.69, 9.17) is 4.74 Å². The lowest BCUT2D eigenvalue weighted by molar-refractivity contribution is -0.384. The summed E-state index contributed by atoms with van der Waals surface area (Å²) in [4.78, 5) is 14.4. The molecule has 0 aliphatic rings. The molecular weight excluding hydrogens is 314 g/mol. The highest BCUT2D eigenvalue weighted by atomic mass is 79.9. The largest absolute Gasteiger partial charge is 0.381 e. The molecule has 0 saturated carbocycles. The molecule has 0 aliphatic heterocycles. The van der Waals surface area contributed by atoms with Crippen LogP contribution in [0.25, 0.3) is 0 Å². The summed E-state index contributed by atoms with van der Waals surface area (Å²) in [7, 11) is 0. The summed E-state index contributed by atoms with van der Waals surface area (Å²) in [6.07, 6.45) is 4.51. The van der Waals surface area contributed by atoms with Crippen LogP contribution in [0.1, 0.15) is 26.2 Å². The molecule has 0 bridgehead atoms. The number of unbranched alkanes of at least 4 members (excludes halogenated alkanes) is 1. The summed E-state index contributed by atoms with van der Waals surface area (Å²) in [6.45, 7) is 4.13. The smallest absolute Gasteiger partial charge is 0.312 e. The van der Waals surface area contributed by atoms with Crippen molar-refractivity contribution in [1.29, 1.82) is 0 Å². The molecule has 0 aromatic carbocycles. The Morgan fingerprint density at radius 1 is 1.47 bits per heavy atom. The van der Waals surface area contributed by atoms with E-state index in [0.717, 1.165) is 25.9 Å². The van der Waals surface area contributed by atoms with Gasteiger partial charge in [0.1, 0.15) is 0 Å². The third-order valence-electron chi connectivity index (χ3n) is 2.43. The van der Waals surface area contributed by atoms with Crippen molar-refractivity contribution in [1.82, 2.24) is 4.98 Å². The maximum absolute atomic E-state index is 10.9. The van der Waals surface area contributed by atoms with Crippen LogP contribution in [0.2, 0.25) is 0 Å². The van der Waals surface area contributed by atoms with Gasteiger partial charge in [-0.25, -0.2) is 4.98 Å². The van der Waals surface area contributed by atoms with Gasteiger partial charge in [-0.1, -0.05) is 13.3 Å². The molecule has 0 aliphatic carbocycles.